The number of nitrogens with two attached hydrogens (primary N) is 2. The molecule has 1 unspecified atom stereocenters. The van der Waals surface area contributed by atoms with Crippen molar-refractivity contribution >= 4 is 5.91 Å². The summed E-state index contributed by atoms with van der Waals surface area (Å²) in [7, 11) is 1.43. The van der Waals surface area contributed by atoms with E-state index < -0.39 is 11.9 Å². The van der Waals surface area contributed by atoms with Crippen LogP contribution in [0.1, 0.15) is 18.0 Å². The highest BCUT2D eigenvalue weighted by Crippen LogP contribution is 2.17. The Hall–Kier alpha value is -1.46. The maximum atomic E-state index is 13.3. The van der Waals surface area contributed by atoms with Crippen LogP contribution in [0.3, 0.4) is 0 Å². The molecule has 4 nitrogen and oxygen atoms in total. The SMILES string of the molecule is CN(N)C(=O)CC(N)c1ccccc1F. The fourth-order valence-electron chi connectivity index (χ4n) is 1.22. The Morgan fingerprint density at radius 1 is 1.53 bits per heavy atom. The fourth-order valence-corrected chi connectivity index (χ4v) is 1.22. The molecule has 0 radical (unpaired) electrons. The average Bonchev–Trinajstić information content (AvgIpc) is 2.18. The van der Waals surface area contributed by atoms with Gasteiger partial charge in [-0.15, -0.1) is 0 Å². The lowest BCUT2D eigenvalue weighted by Gasteiger charge is -2.15. The molecule has 4 N–H and O–H groups in total. The van der Waals surface area contributed by atoms with Crippen molar-refractivity contribution in [3.63, 3.8) is 0 Å². The van der Waals surface area contributed by atoms with Gasteiger partial charge in [0.05, 0.1) is 0 Å². The lowest BCUT2D eigenvalue weighted by molar-refractivity contribution is -0.130. The third-order valence-electron chi connectivity index (χ3n) is 2.09. The standard InChI is InChI=1S/C10H14FN3O/c1-14(13)10(15)6-9(12)7-4-2-3-5-8(7)11/h2-5,9H,6,12-13H2,1H3. The number of hydrogen-bond donors (Lipinski definition) is 2. The van der Waals surface area contributed by atoms with Crippen LogP contribution in [0.5, 0.6) is 0 Å². The second-order valence-electron chi connectivity index (χ2n) is 3.34. The Morgan fingerprint density at radius 2 is 2.13 bits per heavy atom. The van der Waals surface area contributed by atoms with Gasteiger partial charge >= 0.3 is 0 Å². The quantitative estimate of drug-likeness (QED) is 0.435. The normalized spacial score (nSPS) is 12.3. The summed E-state index contributed by atoms with van der Waals surface area (Å²) < 4.78 is 13.3. The first-order chi connectivity index (χ1) is 7.02. The topological polar surface area (TPSA) is 72.3 Å². The number of rotatable bonds is 3. The summed E-state index contributed by atoms with van der Waals surface area (Å²) in [5.41, 5.74) is 6.02. The molecular formula is C10H14FN3O. The molecule has 0 fully saturated rings. The third-order valence-corrected chi connectivity index (χ3v) is 2.09. The van der Waals surface area contributed by atoms with Gasteiger partial charge in [-0.25, -0.2) is 10.2 Å². The predicted octanol–water partition coefficient (Wildman–Crippen LogP) is 0.548. The number of hydrogen-bond acceptors (Lipinski definition) is 3. The number of benzene rings is 1. The van der Waals surface area contributed by atoms with E-state index >= 15 is 0 Å². The van der Waals surface area contributed by atoms with Crippen LogP contribution < -0.4 is 11.6 Å². The van der Waals surface area contributed by atoms with Crippen LogP contribution in [-0.2, 0) is 4.79 Å². The van der Waals surface area contributed by atoms with E-state index in [9.17, 15) is 9.18 Å². The monoisotopic (exact) mass is 211 g/mol. The summed E-state index contributed by atoms with van der Waals surface area (Å²) in [6, 6.07) is 5.46. The van der Waals surface area contributed by atoms with Crippen molar-refractivity contribution < 1.29 is 9.18 Å². The first-order valence-corrected chi connectivity index (χ1v) is 4.53. The van der Waals surface area contributed by atoms with E-state index in [-0.39, 0.29) is 12.3 Å². The molecule has 1 amide bonds. The maximum Gasteiger partial charge on any atom is 0.238 e. The third kappa shape index (κ3) is 3.00. The molecule has 1 aromatic rings. The molecule has 0 bridgehead atoms. The Balaban J connectivity index is 2.73. The van der Waals surface area contributed by atoms with E-state index in [0.717, 1.165) is 5.01 Å². The molecule has 0 aliphatic rings. The maximum absolute atomic E-state index is 13.3. The Kier molecular flexibility index (Phi) is 3.76. The van der Waals surface area contributed by atoms with Crippen molar-refractivity contribution in [1.29, 1.82) is 0 Å². The number of halogens is 1. The van der Waals surface area contributed by atoms with Crippen LogP contribution in [-0.4, -0.2) is 18.0 Å². The highest BCUT2D eigenvalue weighted by Gasteiger charge is 2.15. The fraction of sp³-hybridized carbons (Fsp3) is 0.300. The van der Waals surface area contributed by atoms with Gasteiger partial charge in [-0.1, -0.05) is 18.2 Å². The van der Waals surface area contributed by atoms with Crippen LogP contribution in [0.2, 0.25) is 0 Å². The first kappa shape index (κ1) is 11.6. The lowest BCUT2D eigenvalue weighted by Crippen LogP contribution is -2.35. The average molecular weight is 211 g/mol. The van der Waals surface area contributed by atoms with Gasteiger partial charge in [-0.05, 0) is 6.07 Å². The van der Waals surface area contributed by atoms with Crippen molar-refractivity contribution in [2.24, 2.45) is 11.6 Å². The molecule has 1 rings (SSSR count). The van der Waals surface area contributed by atoms with Crippen LogP contribution >= 0.6 is 0 Å². The first-order valence-electron chi connectivity index (χ1n) is 4.53. The van der Waals surface area contributed by atoms with Crippen LogP contribution in [0.25, 0.3) is 0 Å². The van der Waals surface area contributed by atoms with Crippen molar-refractivity contribution in [2.75, 3.05) is 7.05 Å². The van der Waals surface area contributed by atoms with Gasteiger partial charge < -0.3 is 5.73 Å². The molecule has 82 valence electrons. The second-order valence-corrected chi connectivity index (χ2v) is 3.34. The largest absolute Gasteiger partial charge is 0.323 e. The van der Waals surface area contributed by atoms with E-state index in [0.29, 0.717) is 5.56 Å². The summed E-state index contributed by atoms with van der Waals surface area (Å²) in [6.07, 6.45) is -0.00602. The molecule has 1 aromatic carbocycles. The van der Waals surface area contributed by atoms with E-state index in [1.54, 1.807) is 18.2 Å². The number of carbonyl (C=O) groups excluding carboxylic acids is 1. The van der Waals surface area contributed by atoms with Gasteiger partial charge in [-0.3, -0.25) is 9.80 Å². The van der Waals surface area contributed by atoms with E-state index in [4.69, 9.17) is 11.6 Å². The molecule has 0 aromatic heterocycles. The minimum atomic E-state index is -0.662. The molecular weight excluding hydrogens is 197 g/mol. The molecule has 0 aliphatic carbocycles. The zero-order valence-electron chi connectivity index (χ0n) is 8.48. The van der Waals surface area contributed by atoms with E-state index in [1.807, 2.05) is 0 Å². The Bertz CT molecular complexity index is 354. The minimum Gasteiger partial charge on any atom is -0.323 e. The van der Waals surface area contributed by atoms with Gasteiger partial charge in [0.25, 0.3) is 0 Å². The predicted molar refractivity (Wildman–Crippen MR) is 54.9 cm³/mol. The highest BCUT2D eigenvalue weighted by atomic mass is 19.1. The van der Waals surface area contributed by atoms with Crippen molar-refractivity contribution in [3.8, 4) is 0 Å². The van der Waals surface area contributed by atoms with Crippen molar-refractivity contribution in [3.05, 3.63) is 35.6 Å². The summed E-state index contributed by atoms with van der Waals surface area (Å²) in [6.45, 7) is 0. The number of amides is 1. The molecule has 15 heavy (non-hydrogen) atoms. The van der Waals surface area contributed by atoms with Crippen molar-refractivity contribution in [1.82, 2.24) is 5.01 Å². The molecule has 5 heteroatoms. The van der Waals surface area contributed by atoms with Gasteiger partial charge in [-0.2, -0.15) is 0 Å². The van der Waals surface area contributed by atoms with Gasteiger partial charge in [0.15, 0.2) is 0 Å². The number of hydrazine groups is 1. The second kappa shape index (κ2) is 4.86. The molecule has 0 spiro atoms. The summed E-state index contributed by atoms with van der Waals surface area (Å²) >= 11 is 0. The number of nitrogens with zero attached hydrogens (tertiary/aromatic N) is 1. The zero-order valence-corrected chi connectivity index (χ0v) is 8.48. The van der Waals surface area contributed by atoms with Gasteiger partial charge in [0, 0.05) is 25.1 Å². The van der Waals surface area contributed by atoms with Crippen molar-refractivity contribution in [2.45, 2.75) is 12.5 Å². The smallest absolute Gasteiger partial charge is 0.238 e. The van der Waals surface area contributed by atoms with Crippen LogP contribution in [0.15, 0.2) is 24.3 Å². The molecule has 0 heterocycles. The number of carbonyl (C=O) groups is 1. The van der Waals surface area contributed by atoms with E-state index in [1.165, 1.54) is 13.1 Å². The highest BCUT2D eigenvalue weighted by molar-refractivity contribution is 5.76. The summed E-state index contributed by atoms with van der Waals surface area (Å²) in [5.74, 6) is 4.50. The summed E-state index contributed by atoms with van der Waals surface area (Å²) in [5, 5.41) is 0.945. The van der Waals surface area contributed by atoms with E-state index in [2.05, 4.69) is 0 Å². The zero-order chi connectivity index (χ0) is 11.4. The molecule has 0 saturated heterocycles. The summed E-state index contributed by atoms with van der Waals surface area (Å²) in [4.78, 5) is 11.2. The molecule has 0 aliphatic heterocycles. The van der Waals surface area contributed by atoms with Crippen LogP contribution in [0.4, 0.5) is 4.39 Å². The Morgan fingerprint density at radius 3 is 2.67 bits per heavy atom. The Labute approximate surface area is 87.6 Å². The van der Waals surface area contributed by atoms with Gasteiger partial charge in [0.2, 0.25) is 5.91 Å². The van der Waals surface area contributed by atoms with Gasteiger partial charge in [0.1, 0.15) is 5.82 Å². The molecule has 0 saturated carbocycles. The minimum absolute atomic E-state index is 0.00602. The lowest BCUT2D eigenvalue weighted by atomic mass is 10.0. The molecule has 1 atom stereocenters. The van der Waals surface area contributed by atoms with Crippen LogP contribution in [0, 0.1) is 5.82 Å².